The van der Waals surface area contributed by atoms with Crippen molar-refractivity contribution in [1.29, 1.82) is 0 Å². The van der Waals surface area contributed by atoms with Crippen LogP contribution in [0.25, 0.3) is 0 Å². The molecule has 1 rings (SSSR count). The quantitative estimate of drug-likeness (QED) is 0.762. The summed E-state index contributed by atoms with van der Waals surface area (Å²) in [5.74, 6) is 0. The molecule has 15 heavy (non-hydrogen) atoms. The molecule has 0 amide bonds. The lowest BCUT2D eigenvalue weighted by Crippen LogP contribution is -2.30. The molecule has 0 aliphatic rings. The molecule has 5 heteroatoms. The molecule has 84 valence electrons. The van der Waals surface area contributed by atoms with E-state index in [1.165, 1.54) is 0 Å². The smallest absolute Gasteiger partial charge is 0.0587 e. The Morgan fingerprint density at radius 1 is 1.60 bits per heavy atom. The summed E-state index contributed by atoms with van der Waals surface area (Å²) in [5, 5.41) is 3.30. The van der Waals surface area contributed by atoms with Crippen LogP contribution >= 0.6 is 15.9 Å². The minimum Gasteiger partial charge on any atom is -0.383 e. The fourth-order valence-corrected chi connectivity index (χ4v) is 1.67. The largest absolute Gasteiger partial charge is 0.383 e. The van der Waals surface area contributed by atoms with Gasteiger partial charge in [0.2, 0.25) is 0 Å². The highest BCUT2D eigenvalue weighted by atomic mass is 79.9. The SMILES string of the molecule is COCCNC(CN)c1cncc(Br)c1. The van der Waals surface area contributed by atoms with Crippen molar-refractivity contribution in [2.24, 2.45) is 5.73 Å². The highest BCUT2D eigenvalue weighted by molar-refractivity contribution is 9.10. The van der Waals surface area contributed by atoms with Crippen LogP contribution < -0.4 is 11.1 Å². The molecule has 0 saturated carbocycles. The normalized spacial score (nSPS) is 12.7. The Kier molecular flexibility index (Phi) is 5.78. The van der Waals surface area contributed by atoms with Crippen LogP contribution in [-0.4, -0.2) is 31.8 Å². The van der Waals surface area contributed by atoms with Crippen molar-refractivity contribution < 1.29 is 4.74 Å². The number of methoxy groups -OCH3 is 1. The molecule has 0 bridgehead atoms. The first-order chi connectivity index (χ1) is 7.27. The van der Waals surface area contributed by atoms with Gasteiger partial charge in [-0.25, -0.2) is 0 Å². The highest BCUT2D eigenvalue weighted by Gasteiger charge is 2.08. The molecule has 1 unspecified atom stereocenters. The van der Waals surface area contributed by atoms with E-state index >= 15 is 0 Å². The van der Waals surface area contributed by atoms with Crippen LogP contribution in [0.5, 0.6) is 0 Å². The number of nitrogens with one attached hydrogen (secondary N) is 1. The molecule has 0 fully saturated rings. The monoisotopic (exact) mass is 273 g/mol. The lowest BCUT2D eigenvalue weighted by Gasteiger charge is -2.16. The van der Waals surface area contributed by atoms with Crippen molar-refractivity contribution in [3.8, 4) is 0 Å². The fourth-order valence-electron chi connectivity index (χ4n) is 1.29. The van der Waals surface area contributed by atoms with Crippen molar-refractivity contribution in [2.75, 3.05) is 26.8 Å². The Morgan fingerprint density at radius 3 is 3.00 bits per heavy atom. The predicted molar refractivity (Wildman–Crippen MR) is 63.6 cm³/mol. The highest BCUT2D eigenvalue weighted by Crippen LogP contribution is 2.15. The first kappa shape index (κ1) is 12.6. The third kappa shape index (κ3) is 4.25. The lowest BCUT2D eigenvalue weighted by atomic mass is 10.1. The second-order valence-electron chi connectivity index (χ2n) is 3.17. The molecule has 4 nitrogen and oxygen atoms in total. The van der Waals surface area contributed by atoms with Crippen molar-refractivity contribution in [1.82, 2.24) is 10.3 Å². The summed E-state index contributed by atoms with van der Waals surface area (Å²) in [7, 11) is 1.68. The summed E-state index contributed by atoms with van der Waals surface area (Å²) < 4.78 is 5.93. The molecule has 1 atom stereocenters. The maximum absolute atomic E-state index is 5.69. The summed E-state index contributed by atoms with van der Waals surface area (Å²) in [5.41, 5.74) is 6.78. The van der Waals surface area contributed by atoms with Crippen molar-refractivity contribution in [2.45, 2.75) is 6.04 Å². The van der Waals surface area contributed by atoms with Crippen molar-refractivity contribution >= 4 is 15.9 Å². The van der Waals surface area contributed by atoms with E-state index in [-0.39, 0.29) is 6.04 Å². The molecule has 0 saturated heterocycles. The molecular formula is C10H16BrN3O. The van der Waals surface area contributed by atoms with E-state index in [9.17, 15) is 0 Å². The third-order valence-corrected chi connectivity index (χ3v) is 2.49. The van der Waals surface area contributed by atoms with Gasteiger partial charge in [0.05, 0.1) is 6.61 Å². The average Bonchev–Trinajstić information content (AvgIpc) is 2.24. The van der Waals surface area contributed by atoms with Gasteiger partial charge in [-0.1, -0.05) is 0 Å². The van der Waals surface area contributed by atoms with Crippen LogP contribution in [-0.2, 0) is 4.74 Å². The molecule has 0 aromatic carbocycles. The number of hydrogen-bond acceptors (Lipinski definition) is 4. The van der Waals surface area contributed by atoms with Crippen LogP contribution in [0.1, 0.15) is 11.6 Å². The number of nitrogens with two attached hydrogens (primary N) is 1. The number of nitrogens with zero attached hydrogens (tertiary/aromatic N) is 1. The number of pyridine rings is 1. The van der Waals surface area contributed by atoms with Gasteiger partial charge >= 0.3 is 0 Å². The Balaban J connectivity index is 2.57. The first-order valence-corrected chi connectivity index (χ1v) is 5.60. The van der Waals surface area contributed by atoms with Crippen LogP contribution in [0, 0.1) is 0 Å². The molecule has 1 heterocycles. The Hall–Kier alpha value is -0.490. The number of aromatic nitrogens is 1. The maximum Gasteiger partial charge on any atom is 0.0587 e. The van der Waals surface area contributed by atoms with Crippen molar-refractivity contribution in [3.05, 3.63) is 28.5 Å². The summed E-state index contributed by atoms with van der Waals surface area (Å²) in [6.07, 6.45) is 3.58. The Morgan fingerprint density at radius 2 is 2.40 bits per heavy atom. The molecule has 3 N–H and O–H groups in total. The van der Waals surface area contributed by atoms with Gasteiger partial charge in [-0.15, -0.1) is 0 Å². The zero-order valence-electron chi connectivity index (χ0n) is 8.74. The van der Waals surface area contributed by atoms with Crippen LogP contribution in [0.2, 0.25) is 0 Å². The van der Waals surface area contributed by atoms with E-state index in [0.717, 1.165) is 16.6 Å². The topological polar surface area (TPSA) is 60.2 Å². The zero-order chi connectivity index (χ0) is 11.1. The second kappa shape index (κ2) is 6.90. The van der Waals surface area contributed by atoms with E-state index in [1.807, 2.05) is 12.3 Å². The van der Waals surface area contributed by atoms with Gasteiger partial charge in [0.1, 0.15) is 0 Å². The number of hydrogen-bond donors (Lipinski definition) is 2. The molecule has 0 aliphatic carbocycles. The zero-order valence-corrected chi connectivity index (χ0v) is 10.3. The van der Waals surface area contributed by atoms with E-state index in [4.69, 9.17) is 10.5 Å². The summed E-state index contributed by atoms with van der Waals surface area (Å²) >= 11 is 3.39. The van der Waals surface area contributed by atoms with Gasteiger partial charge in [-0.2, -0.15) is 0 Å². The number of halogens is 1. The van der Waals surface area contributed by atoms with Gasteiger partial charge in [0, 0.05) is 43.1 Å². The predicted octanol–water partition coefficient (Wildman–Crippen LogP) is 1.08. The summed E-state index contributed by atoms with van der Waals surface area (Å²) in [6, 6.07) is 2.15. The van der Waals surface area contributed by atoms with Crippen LogP contribution in [0.15, 0.2) is 22.9 Å². The minimum absolute atomic E-state index is 0.130. The molecule has 0 aliphatic heterocycles. The van der Waals surface area contributed by atoms with E-state index < -0.39 is 0 Å². The van der Waals surface area contributed by atoms with Gasteiger partial charge in [0.15, 0.2) is 0 Å². The standard InChI is InChI=1S/C10H16BrN3O/c1-15-3-2-14-10(5-12)8-4-9(11)7-13-6-8/h4,6-7,10,14H,2-3,5,12H2,1H3. The molecule has 1 aromatic rings. The van der Waals surface area contributed by atoms with Crippen molar-refractivity contribution in [3.63, 3.8) is 0 Å². The maximum atomic E-state index is 5.69. The fraction of sp³-hybridized carbons (Fsp3) is 0.500. The Bertz CT molecular complexity index is 296. The van der Waals surface area contributed by atoms with Gasteiger partial charge in [-0.05, 0) is 27.6 Å². The minimum atomic E-state index is 0.130. The average molecular weight is 274 g/mol. The number of ether oxygens (including phenoxy) is 1. The van der Waals surface area contributed by atoms with E-state index in [2.05, 4.69) is 26.2 Å². The van der Waals surface area contributed by atoms with Crippen LogP contribution in [0.3, 0.4) is 0 Å². The third-order valence-electron chi connectivity index (χ3n) is 2.06. The Labute approximate surface area is 98.3 Å². The van der Waals surface area contributed by atoms with E-state index in [0.29, 0.717) is 13.2 Å². The first-order valence-electron chi connectivity index (χ1n) is 4.80. The van der Waals surface area contributed by atoms with Crippen LogP contribution in [0.4, 0.5) is 0 Å². The van der Waals surface area contributed by atoms with Gasteiger partial charge in [-0.3, -0.25) is 4.98 Å². The molecular weight excluding hydrogens is 258 g/mol. The summed E-state index contributed by atoms with van der Waals surface area (Å²) in [6.45, 7) is 2.00. The molecule has 0 radical (unpaired) electrons. The second-order valence-corrected chi connectivity index (χ2v) is 4.09. The van der Waals surface area contributed by atoms with Gasteiger partial charge in [0.25, 0.3) is 0 Å². The number of rotatable bonds is 6. The lowest BCUT2D eigenvalue weighted by molar-refractivity contribution is 0.196. The van der Waals surface area contributed by atoms with Gasteiger partial charge < -0.3 is 15.8 Å². The van der Waals surface area contributed by atoms with E-state index in [1.54, 1.807) is 13.3 Å². The summed E-state index contributed by atoms with van der Waals surface area (Å²) in [4.78, 5) is 4.11. The molecule has 1 aromatic heterocycles. The molecule has 0 spiro atoms.